The number of benzene rings is 3. The highest BCUT2D eigenvalue weighted by Gasteiger charge is 2.11. The summed E-state index contributed by atoms with van der Waals surface area (Å²) in [4.78, 5) is 17.7. The largest absolute Gasteiger partial charge is 0.268 e. The maximum atomic E-state index is 13.4. The summed E-state index contributed by atoms with van der Waals surface area (Å²) in [5, 5.41) is 1.04. The minimum absolute atomic E-state index is 0.193. The number of nitrogens with zero attached hydrogens (tertiary/aromatic N) is 2. The Balaban J connectivity index is 1.95. The lowest BCUT2D eigenvalue weighted by atomic mass is 10.2. The molecule has 0 saturated carbocycles. The van der Waals surface area contributed by atoms with Gasteiger partial charge in [0.05, 0.1) is 16.6 Å². The minimum atomic E-state index is -0.323. The van der Waals surface area contributed by atoms with Crippen LogP contribution >= 0.6 is 11.6 Å². The normalized spacial score (nSPS) is 11.3. The Morgan fingerprint density at radius 3 is 2.56 bits per heavy atom. The lowest BCUT2D eigenvalue weighted by molar-refractivity contribution is 0.627. The summed E-state index contributed by atoms with van der Waals surface area (Å²) >= 11 is 6.11. The zero-order valence-corrected chi connectivity index (χ0v) is 14.9. The molecule has 0 unspecified atom stereocenters. The van der Waals surface area contributed by atoms with E-state index in [0.29, 0.717) is 33.0 Å². The van der Waals surface area contributed by atoms with Gasteiger partial charge in [-0.2, -0.15) is 0 Å². The van der Waals surface area contributed by atoms with Crippen LogP contribution < -0.4 is 5.56 Å². The standard InChI is InChI=1S/C22H14ClFN2O/c23-16-6-4-8-18(14-16)26-21(12-11-15-5-3-7-17(24)13-15)25-20-10-2-1-9-19(20)22(26)27/h1-14H. The van der Waals surface area contributed by atoms with Gasteiger partial charge in [-0.25, -0.2) is 9.37 Å². The van der Waals surface area contributed by atoms with Gasteiger partial charge >= 0.3 is 0 Å². The molecule has 27 heavy (non-hydrogen) atoms. The molecule has 4 aromatic rings. The zero-order chi connectivity index (χ0) is 18.8. The van der Waals surface area contributed by atoms with E-state index in [1.165, 1.54) is 16.7 Å². The summed E-state index contributed by atoms with van der Waals surface area (Å²) in [5.74, 6) is 0.112. The molecule has 0 aliphatic rings. The molecule has 0 aliphatic heterocycles. The molecule has 1 aromatic heterocycles. The summed E-state index contributed by atoms with van der Waals surface area (Å²) in [6, 6.07) is 20.4. The SMILES string of the molecule is O=c1c2ccccc2nc(C=Cc2cccc(F)c2)n1-c1cccc(Cl)c1. The van der Waals surface area contributed by atoms with E-state index < -0.39 is 0 Å². The third-order valence-electron chi connectivity index (χ3n) is 4.14. The van der Waals surface area contributed by atoms with E-state index in [0.717, 1.165) is 0 Å². The predicted molar refractivity (Wildman–Crippen MR) is 108 cm³/mol. The fourth-order valence-electron chi connectivity index (χ4n) is 2.91. The Labute approximate surface area is 160 Å². The summed E-state index contributed by atoms with van der Waals surface area (Å²) < 4.78 is 14.9. The highest BCUT2D eigenvalue weighted by molar-refractivity contribution is 6.30. The maximum absolute atomic E-state index is 13.4. The molecule has 3 nitrogen and oxygen atoms in total. The lowest BCUT2D eigenvalue weighted by Gasteiger charge is -2.11. The molecule has 0 saturated heterocycles. The van der Waals surface area contributed by atoms with Crippen molar-refractivity contribution in [3.8, 4) is 5.69 Å². The minimum Gasteiger partial charge on any atom is -0.268 e. The number of fused-ring (bicyclic) bond motifs is 1. The molecule has 0 aliphatic carbocycles. The van der Waals surface area contributed by atoms with E-state index in [2.05, 4.69) is 4.98 Å². The molecular formula is C22H14ClFN2O. The van der Waals surface area contributed by atoms with Crippen LogP contribution in [-0.2, 0) is 0 Å². The zero-order valence-electron chi connectivity index (χ0n) is 14.1. The average molecular weight is 377 g/mol. The van der Waals surface area contributed by atoms with Gasteiger partial charge in [-0.05, 0) is 54.1 Å². The van der Waals surface area contributed by atoms with Crippen LogP contribution in [0.2, 0.25) is 5.02 Å². The smallest absolute Gasteiger partial charge is 0.266 e. The van der Waals surface area contributed by atoms with Gasteiger partial charge in [-0.3, -0.25) is 9.36 Å². The molecule has 3 aromatic carbocycles. The van der Waals surface area contributed by atoms with Crippen LogP contribution in [0.15, 0.2) is 77.6 Å². The summed E-state index contributed by atoms with van der Waals surface area (Å²) in [5.41, 5.74) is 1.70. The van der Waals surface area contributed by atoms with Crippen LogP contribution in [0, 0.1) is 5.82 Å². The third kappa shape index (κ3) is 3.52. The van der Waals surface area contributed by atoms with Crippen molar-refractivity contribution in [2.24, 2.45) is 0 Å². The van der Waals surface area contributed by atoms with Gasteiger partial charge in [0.1, 0.15) is 11.6 Å². The van der Waals surface area contributed by atoms with Crippen molar-refractivity contribution in [2.75, 3.05) is 0 Å². The molecule has 0 spiro atoms. The summed E-state index contributed by atoms with van der Waals surface area (Å²) in [6.07, 6.45) is 3.42. The lowest BCUT2D eigenvalue weighted by Crippen LogP contribution is -2.22. The second-order valence-electron chi connectivity index (χ2n) is 6.00. The summed E-state index contributed by atoms with van der Waals surface area (Å²) in [7, 11) is 0. The van der Waals surface area contributed by atoms with Crippen molar-refractivity contribution in [3.63, 3.8) is 0 Å². The fourth-order valence-corrected chi connectivity index (χ4v) is 3.09. The molecule has 0 amide bonds. The molecule has 132 valence electrons. The van der Waals surface area contributed by atoms with E-state index in [-0.39, 0.29) is 11.4 Å². The molecule has 0 bridgehead atoms. The molecule has 4 rings (SSSR count). The van der Waals surface area contributed by atoms with Gasteiger partial charge < -0.3 is 0 Å². The second kappa shape index (κ2) is 7.17. The Morgan fingerprint density at radius 2 is 1.74 bits per heavy atom. The van der Waals surface area contributed by atoms with Crippen LogP contribution in [0.3, 0.4) is 0 Å². The third-order valence-corrected chi connectivity index (χ3v) is 4.38. The van der Waals surface area contributed by atoms with Gasteiger partial charge in [-0.15, -0.1) is 0 Å². The molecule has 5 heteroatoms. The van der Waals surface area contributed by atoms with Crippen LogP contribution in [0.1, 0.15) is 11.4 Å². The Morgan fingerprint density at radius 1 is 0.926 bits per heavy atom. The number of hydrogen-bond donors (Lipinski definition) is 0. The Kier molecular flexibility index (Phi) is 4.57. The van der Waals surface area contributed by atoms with Crippen LogP contribution in [-0.4, -0.2) is 9.55 Å². The van der Waals surface area contributed by atoms with Gasteiger partial charge in [0.25, 0.3) is 5.56 Å². The van der Waals surface area contributed by atoms with E-state index in [4.69, 9.17) is 11.6 Å². The van der Waals surface area contributed by atoms with Gasteiger partial charge in [0.15, 0.2) is 0 Å². The van der Waals surface area contributed by atoms with Crippen LogP contribution in [0.4, 0.5) is 4.39 Å². The van der Waals surface area contributed by atoms with Crippen molar-refractivity contribution >= 4 is 34.7 Å². The highest BCUT2D eigenvalue weighted by atomic mass is 35.5. The molecule has 0 N–H and O–H groups in total. The average Bonchev–Trinajstić information content (AvgIpc) is 2.66. The first kappa shape index (κ1) is 17.2. The van der Waals surface area contributed by atoms with Gasteiger partial charge in [-0.1, -0.05) is 48.0 Å². The summed E-state index contributed by atoms with van der Waals surface area (Å²) in [6.45, 7) is 0. The van der Waals surface area contributed by atoms with E-state index >= 15 is 0 Å². The number of halogens is 2. The molecule has 0 atom stereocenters. The second-order valence-corrected chi connectivity index (χ2v) is 6.43. The highest BCUT2D eigenvalue weighted by Crippen LogP contribution is 2.18. The van der Waals surface area contributed by atoms with Gasteiger partial charge in [0.2, 0.25) is 0 Å². The first-order valence-electron chi connectivity index (χ1n) is 8.33. The first-order valence-corrected chi connectivity index (χ1v) is 8.71. The monoisotopic (exact) mass is 376 g/mol. The van der Waals surface area contributed by atoms with Crippen molar-refractivity contribution in [2.45, 2.75) is 0 Å². The topological polar surface area (TPSA) is 34.9 Å². The Hall–Kier alpha value is -3.24. The quantitative estimate of drug-likeness (QED) is 0.483. The van der Waals surface area contributed by atoms with Crippen molar-refractivity contribution in [1.82, 2.24) is 9.55 Å². The number of para-hydroxylation sites is 1. The van der Waals surface area contributed by atoms with Crippen LogP contribution in [0.5, 0.6) is 0 Å². The van der Waals surface area contributed by atoms with Crippen LogP contribution in [0.25, 0.3) is 28.7 Å². The maximum Gasteiger partial charge on any atom is 0.266 e. The van der Waals surface area contributed by atoms with Crippen molar-refractivity contribution in [3.05, 3.63) is 105 Å². The number of rotatable bonds is 3. The number of hydrogen-bond acceptors (Lipinski definition) is 2. The molecule has 0 radical (unpaired) electrons. The predicted octanol–water partition coefficient (Wildman–Crippen LogP) is 5.35. The van der Waals surface area contributed by atoms with E-state index in [1.54, 1.807) is 66.7 Å². The Bertz CT molecular complexity index is 1230. The van der Waals surface area contributed by atoms with Gasteiger partial charge in [0, 0.05) is 5.02 Å². The van der Waals surface area contributed by atoms with E-state index in [9.17, 15) is 9.18 Å². The van der Waals surface area contributed by atoms with E-state index in [1.807, 2.05) is 6.07 Å². The number of aromatic nitrogens is 2. The van der Waals surface area contributed by atoms with Crippen molar-refractivity contribution < 1.29 is 4.39 Å². The molecule has 0 fully saturated rings. The molecular weight excluding hydrogens is 363 g/mol. The van der Waals surface area contributed by atoms with Crippen molar-refractivity contribution in [1.29, 1.82) is 0 Å². The fraction of sp³-hybridized carbons (Fsp3) is 0. The first-order chi connectivity index (χ1) is 13.1. The molecule has 1 heterocycles.